The Morgan fingerprint density at radius 1 is 1.39 bits per heavy atom. The number of hydrazine groups is 1. The summed E-state index contributed by atoms with van der Waals surface area (Å²) < 4.78 is 13.0. The number of nitrogens with zero attached hydrogens (tertiary/aromatic N) is 4. The van der Waals surface area contributed by atoms with E-state index in [0.717, 1.165) is 6.42 Å². The molecule has 2 aromatic rings. The second-order valence-corrected chi connectivity index (χ2v) is 7.17. The highest BCUT2D eigenvalue weighted by atomic mass is 16.7. The lowest BCUT2D eigenvalue weighted by Crippen LogP contribution is -2.39. The highest BCUT2D eigenvalue weighted by molar-refractivity contribution is 5.84. The third kappa shape index (κ3) is 6.47. The number of fused-ring (bicyclic) bond motifs is 1. The van der Waals surface area contributed by atoms with Gasteiger partial charge in [-0.25, -0.2) is 10.4 Å². The van der Waals surface area contributed by atoms with E-state index < -0.39 is 0 Å². The summed E-state index contributed by atoms with van der Waals surface area (Å²) in [7, 11) is 1.76. The second kappa shape index (κ2) is 11.7. The number of aromatic nitrogens is 4. The monoisotopic (exact) mass is 438 g/mol. The first-order valence-corrected chi connectivity index (χ1v) is 10.5. The van der Waals surface area contributed by atoms with Gasteiger partial charge in [-0.05, 0) is 20.3 Å². The van der Waals surface area contributed by atoms with Crippen LogP contribution >= 0.6 is 0 Å². The zero-order valence-corrected chi connectivity index (χ0v) is 19.0. The average molecular weight is 439 g/mol. The number of rotatable bonds is 9. The molecule has 3 unspecified atom stereocenters. The Morgan fingerprint density at radius 3 is 2.81 bits per heavy atom. The van der Waals surface area contributed by atoms with Crippen LogP contribution in [0.2, 0.25) is 0 Å². The van der Waals surface area contributed by atoms with E-state index in [1.165, 1.54) is 0 Å². The molecule has 1 fully saturated rings. The van der Waals surface area contributed by atoms with Gasteiger partial charge in [0.1, 0.15) is 12.8 Å². The van der Waals surface area contributed by atoms with Gasteiger partial charge in [0.15, 0.2) is 17.0 Å². The van der Waals surface area contributed by atoms with Crippen molar-refractivity contribution < 1.29 is 19.1 Å². The summed E-state index contributed by atoms with van der Waals surface area (Å²) in [4.78, 5) is 29.7. The summed E-state index contributed by atoms with van der Waals surface area (Å²) in [5, 5.41) is 2.98. The molecular weight excluding hydrogens is 404 g/mol. The molecule has 0 bridgehead atoms. The van der Waals surface area contributed by atoms with Gasteiger partial charge < -0.3 is 20.5 Å². The van der Waals surface area contributed by atoms with Crippen LogP contribution in [0.4, 0.5) is 11.8 Å². The fraction of sp³-hybridized carbons (Fsp3) is 0.684. The van der Waals surface area contributed by atoms with E-state index in [4.69, 9.17) is 20.0 Å². The molecule has 1 saturated heterocycles. The molecule has 12 heteroatoms. The lowest BCUT2D eigenvalue weighted by molar-refractivity contribution is -0.148. The number of anilines is 2. The van der Waals surface area contributed by atoms with Gasteiger partial charge in [-0.2, -0.15) is 9.97 Å². The zero-order valence-electron chi connectivity index (χ0n) is 19.0. The van der Waals surface area contributed by atoms with Crippen LogP contribution in [0.1, 0.15) is 47.3 Å². The van der Waals surface area contributed by atoms with Crippen LogP contribution in [0, 0.1) is 5.92 Å². The molecule has 3 heterocycles. The lowest BCUT2D eigenvalue weighted by atomic mass is 10.1. The number of ether oxygens (including phenoxy) is 2. The van der Waals surface area contributed by atoms with Crippen LogP contribution in [0.15, 0.2) is 6.33 Å². The molecule has 0 amide bonds. The fourth-order valence-corrected chi connectivity index (χ4v) is 3.26. The van der Waals surface area contributed by atoms with Gasteiger partial charge in [0.25, 0.3) is 0 Å². The molecule has 1 aliphatic rings. The number of esters is 1. The predicted molar refractivity (Wildman–Crippen MR) is 117 cm³/mol. The van der Waals surface area contributed by atoms with E-state index in [-0.39, 0.29) is 42.8 Å². The van der Waals surface area contributed by atoms with E-state index in [1.807, 2.05) is 18.4 Å². The predicted octanol–water partition coefficient (Wildman–Crippen LogP) is 1.38. The van der Waals surface area contributed by atoms with E-state index in [9.17, 15) is 4.79 Å². The minimum absolute atomic E-state index is 0.00131. The van der Waals surface area contributed by atoms with Crippen molar-refractivity contribution in [3.63, 3.8) is 0 Å². The maximum atomic E-state index is 11.4. The summed E-state index contributed by atoms with van der Waals surface area (Å²) in [6.07, 6.45) is 1.94. The van der Waals surface area contributed by atoms with Crippen molar-refractivity contribution in [3.05, 3.63) is 6.33 Å². The first-order valence-electron chi connectivity index (χ1n) is 10.5. The van der Waals surface area contributed by atoms with E-state index in [1.54, 1.807) is 27.2 Å². The van der Waals surface area contributed by atoms with Crippen molar-refractivity contribution in [2.24, 2.45) is 5.92 Å². The molecule has 0 radical (unpaired) electrons. The van der Waals surface area contributed by atoms with Crippen molar-refractivity contribution in [3.8, 4) is 0 Å². The van der Waals surface area contributed by atoms with E-state index >= 15 is 0 Å². The van der Waals surface area contributed by atoms with Crippen molar-refractivity contribution in [2.45, 2.75) is 59.5 Å². The van der Waals surface area contributed by atoms with Crippen molar-refractivity contribution in [1.29, 1.82) is 0 Å². The van der Waals surface area contributed by atoms with Gasteiger partial charge in [0.05, 0.1) is 25.1 Å². The van der Waals surface area contributed by atoms with E-state index in [2.05, 4.69) is 38.2 Å². The Kier molecular flexibility index (Phi) is 9.37. The molecule has 2 aromatic heterocycles. The van der Waals surface area contributed by atoms with Gasteiger partial charge >= 0.3 is 5.97 Å². The molecule has 3 atom stereocenters. The molecule has 1 aliphatic heterocycles. The number of hydrogen-bond donors (Lipinski definition) is 4. The summed E-state index contributed by atoms with van der Waals surface area (Å²) in [5.41, 5.74) is 12.3. The Bertz CT molecular complexity index is 844. The van der Waals surface area contributed by atoms with Crippen LogP contribution in [0.5, 0.6) is 0 Å². The molecule has 12 nitrogen and oxygen atoms in total. The Hall–Kier alpha value is -2.54. The Morgan fingerprint density at radius 2 is 2.13 bits per heavy atom. The number of nitrogens with two attached hydrogens (primary N) is 1. The molecule has 3 rings (SSSR count). The first-order chi connectivity index (χ1) is 14.9. The fourth-order valence-electron chi connectivity index (χ4n) is 3.26. The lowest BCUT2D eigenvalue weighted by Gasteiger charge is -2.18. The quantitative estimate of drug-likeness (QED) is 0.255. The SMILES string of the molecule is CC.CNc1nc(N)nc2c1ncn2C1OC(CONNCC(=O)OC(C)C)CC1C. The van der Waals surface area contributed by atoms with Crippen LogP contribution in [0.25, 0.3) is 11.2 Å². The molecule has 5 N–H and O–H groups in total. The van der Waals surface area contributed by atoms with Gasteiger partial charge in [-0.3, -0.25) is 14.2 Å². The molecule has 31 heavy (non-hydrogen) atoms. The van der Waals surface area contributed by atoms with Crippen molar-refractivity contribution in [1.82, 2.24) is 30.5 Å². The second-order valence-electron chi connectivity index (χ2n) is 7.17. The zero-order chi connectivity index (χ0) is 23.0. The number of carbonyl (C=O) groups is 1. The summed E-state index contributed by atoms with van der Waals surface area (Å²) in [6, 6.07) is 0. The summed E-state index contributed by atoms with van der Waals surface area (Å²) in [5.74, 6) is 0.587. The average Bonchev–Trinajstić information content (AvgIpc) is 3.30. The number of imidazole rings is 1. The maximum absolute atomic E-state index is 11.4. The molecule has 0 saturated carbocycles. The summed E-state index contributed by atoms with van der Waals surface area (Å²) in [6.45, 7) is 9.98. The van der Waals surface area contributed by atoms with E-state index in [0.29, 0.717) is 23.6 Å². The first kappa shape index (κ1) is 24.7. The maximum Gasteiger partial charge on any atom is 0.321 e. The van der Waals surface area contributed by atoms with Gasteiger partial charge in [-0.1, -0.05) is 20.8 Å². The number of nitrogens with one attached hydrogen (secondary N) is 3. The summed E-state index contributed by atoms with van der Waals surface area (Å²) >= 11 is 0. The van der Waals surface area contributed by atoms with Gasteiger partial charge in [0.2, 0.25) is 5.95 Å². The highest BCUT2D eigenvalue weighted by Gasteiger charge is 2.35. The molecule has 174 valence electrons. The third-order valence-corrected chi connectivity index (χ3v) is 4.42. The number of carbonyl (C=O) groups excluding carboxylic acids is 1. The highest BCUT2D eigenvalue weighted by Crippen LogP contribution is 2.36. The van der Waals surface area contributed by atoms with Crippen molar-refractivity contribution >= 4 is 28.9 Å². The molecule has 0 aromatic carbocycles. The minimum atomic E-state index is -0.365. The van der Waals surface area contributed by atoms with Crippen LogP contribution < -0.4 is 22.1 Å². The van der Waals surface area contributed by atoms with Crippen LogP contribution in [-0.2, 0) is 19.1 Å². The molecule has 0 spiro atoms. The van der Waals surface area contributed by atoms with Gasteiger partial charge in [-0.15, -0.1) is 5.59 Å². The number of hydrogen-bond acceptors (Lipinski definition) is 11. The number of nitrogen functional groups attached to an aromatic ring is 1. The molecular formula is C19H34N8O4. The molecule has 0 aliphatic carbocycles. The minimum Gasteiger partial charge on any atom is -0.462 e. The van der Waals surface area contributed by atoms with Gasteiger partial charge in [0, 0.05) is 13.0 Å². The van der Waals surface area contributed by atoms with Crippen molar-refractivity contribution in [2.75, 3.05) is 31.2 Å². The normalized spacial score (nSPS) is 20.5. The Labute approximate surface area is 182 Å². The third-order valence-electron chi connectivity index (χ3n) is 4.42. The largest absolute Gasteiger partial charge is 0.462 e. The van der Waals surface area contributed by atoms with Crippen LogP contribution in [0.3, 0.4) is 0 Å². The Balaban J connectivity index is 0.00000166. The smallest absolute Gasteiger partial charge is 0.321 e. The van der Waals surface area contributed by atoms with Crippen LogP contribution in [-0.4, -0.2) is 57.9 Å². The standard InChI is InChI=1S/C17H28N8O4.C2H6/c1-9(2)28-12(26)6-21-24-27-7-11-5-10(3)16(29-11)25-8-20-13-14(19-4)22-17(18)23-15(13)25;1-2/h8-11,16,21,24H,5-7H2,1-4H3,(H3,18,19,22,23);1-2H3. The topological polar surface area (TPSA) is 150 Å².